The number of allylic oxidation sites excluding steroid dienone is 3. The molecule has 0 bridgehead atoms. The van der Waals surface area contributed by atoms with Crippen LogP contribution in [0.2, 0.25) is 0 Å². The summed E-state index contributed by atoms with van der Waals surface area (Å²) in [6.45, 7) is 8.27. The van der Waals surface area contributed by atoms with Crippen LogP contribution in [-0.4, -0.2) is 42.8 Å². The Bertz CT molecular complexity index is 1630. The molecule has 1 N–H and O–H groups in total. The first kappa shape index (κ1) is 32.4. The van der Waals surface area contributed by atoms with E-state index in [0.717, 1.165) is 43.2 Å². The van der Waals surface area contributed by atoms with Gasteiger partial charge < -0.3 is 19.3 Å². The minimum absolute atomic E-state index is 0.0119. The second-order valence-corrected chi connectivity index (χ2v) is 16.0. The number of hydrogen-bond acceptors (Lipinski definition) is 5. The van der Waals surface area contributed by atoms with Gasteiger partial charge in [0.15, 0.2) is 5.79 Å². The first-order valence-corrected chi connectivity index (χ1v) is 17.7. The number of esters is 1. The van der Waals surface area contributed by atoms with E-state index in [-0.39, 0.29) is 11.4 Å². The number of methoxy groups -OCH3 is 1. The molecule has 248 valence electrons. The Labute approximate surface area is 280 Å². The molecule has 4 aliphatic carbocycles. The molecule has 7 rings (SSSR count). The Morgan fingerprint density at radius 3 is 2.60 bits per heavy atom. The van der Waals surface area contributed by atoms with Crippen LogP contribution in [0.4, 0.5) is 0 Å². The minimum Gasteiger partial charge on any atom is -0.465 e. The molecule has 2 aromatic carbocycles. The SMILES string of the molecule is COC(=O)c1cccc(C/C=C/C#Cc2ccc([C@H]3C[C@]4(C)CCCC4C4CC[C@@]5(O)CC6(CCC5=C43)OCC(C)(C)CO6)cc2)c1. The van der Waals surface area contributed by atoms with Crippen molar-refractivity contribution in [2.24, 2.45) is 22.7 Å². The number of benzene rings is 2. The summed E-state index contributed by atoms with van der Waals surface area (Å²) in [4.78, 5) is 11.8. The molecular weight excluding hydrogens is 584 g/mol. The molecule has 4 fully saturated rings. The van der Waals surface area contributed by atoms with E-state index in [4.69, 9.17) is 14.2 Å². The third-order valence-corrected chi connectivity index (χ3v) is 12.1. The molecule has 47 heavy (non-hydrogen) atoms. The van der Waals surface area contributed by atoms with E-state index < -0.39 is 11.4 Å². The number of fused-ring (bicyclic) bond motifs is 4. The molecule has 5 heteroatoms. The van der Waals surface area contributed by atoms with Crippen LogP contribution in [0, 0.1) is 34.5 Å². The summed E-state index contributed by atoms with van der Waals surface area (Å²) in [7, 11) is 1.40. The average Bonchev–Trinajstić information content (AvgIpc) is 3.47. The maximum Gasteiger partial charge on any atom is 0.337 e. The predicted octanol–water partition coefficient (Wildman–Crippen LogP) is 8.31. The van der Waals surface area contributed by atoms with Crippen molar-refractivity contribution in [1.29, 1.82) is 0 Å². The molecule has 5 aliphatic rings. The number of rotatable bonds is 4. The first-order chi connectivity index (χ1) is 22.5. The summed E-state index contributed by atoms with van der Waals surface area (Å²) >= 11 is 0. The van der Waals surface area contributed by atoms with E-state index in [1.54, 1.807) is 11.6 Å². The highest BCUT2D eigenvalue weighted by molar-refractivity contribution is 5.89. The predicted molar refractivity (Wildman–Crippen MR) is 184 cm³/mol. The molecule has 1 saturated heterocycles. The Balaban J connectivity index is 1.11. The number of aliphatic hydroxyl groups is 1. The molecule has 2 unspecified atom stereocenters. The van der Waals surface area contributed by atoms with Gasteiger partial charge in [-0.25, -0.2) is 4.79 Å². The number of hydrogen-bond donors (Lipinski definition) is 1. The summed E-state index contributed by atoms with van der Waals surface area (Å²) in [6, 6.07) is 16.4. The van der Waals surface area contributed by atoms with Crippen LogP contribution in [0.25, 0.3) is 0 Å². The van der Waals surface area contributed by atoms with Gasteiger partial charge in [0.05, 0.1) is 31.5 Å². The molecular formula is C42H50O5. The lowest BCUT2D eigenvalue weighted by atomic mass is 9.51. The fraction of sp³-hybridized carbons (Fsp3) is 0.548. The maximum atomic E-state index is 12.4. The molecule has 3 saturated carbocycles. The molecule has 0 radical (unpaired) electrons. The summed E-state index contributed by atoms with van der Waals surface area (Å²) in [5.41, 5.74) is 6.32. The van der Waals surface area contributed by atoms with E-state index in [2.05, 4.69) is 56.9 Å². The Morgan fingerprint density at radius 2 is 1.83 bits per heavy atom. The van der Waals surface area contributed by atoms with Gasteiger partial charge in [-0.2, -0.15) is 0 Å². The topological polar surface area (TPSA) is 65.0 Å². The monoisotopic (exact) mass is 634 g/mol. The third kappa shape index (κ3) is 6.26. The van der Waals surface area contributed by atoms with Crippen molar-refractivity contribution in [1.82, 2.24) is 0 Å². The van der Waals surface area contributed by atoms with Crippen molar-refractivity contribution in [2.45, 2.75) is 102 Å². The van der Waals surface area contributed by atoms with Crippen LogP contribution in [0.5, 0.6) is 0 Å². The minimum atomic E-state index is -0.853. The Kier molecular flexibility index (Phi) is 8.52. The summed E-state index contributed by atoms with van der Waals surface area (Å²) in [6.07, 6.45) is 13.8. The first-order valence-electron chi connectivity index (χ1n) is 17.7. The maximum absolute atomic E-state index is 12.4. The Hall–Kier alpha value is -3.17. The molecule has 1 spiro atoms. The summed E-state index contributed by atoms with van der Waals surface area (Å²) in [5, 5.41) is 12.4. The van der Waals surface area contributed by atoms with E-state index in [1.807, 2.05) is 30.4 Å². The van der Waals surface area contributed by atoms with Crippen LogP contribution < -0.4 is 0 Å². The van der Waals surface area contributed by atoms with Gasteiger partial charge in [0.1, 0.15) is 0 Å². The lowest BCUT2D eigenvalue weighted by Crippen LogP contribution is -2.57. The van der Waals surface area contributed by atoms with Gasteiger partial charge in [0, 0.05) is 29.7 Å². The largest absolute Gasteiger partial charge is 0.465 e. The van der Waals surface area contributed by atoms with Crippen molar-refractivity contribution in [3.63, 3.8) is 0 Å². The van der Waals surface area contributed by atoms with Crippen LogP contribution in [0.1, 0.15) is 112 Å². The summed E-state index contributed by atoms with van der Waals surface area (Å²) in [5.74, 6) is 7.10. The van der Waals surface area contributed by atoms with Gasteiger partial charge in [0.25, 0.3) is 0 Å². The van der Waals surface area contributed by atoms with Gasteiger partial charge in [-0.3, -0.25) is 0 Å². The third-order valence-electron chi connectivity index (χ3n) is 12.1. The van der Waals surface area contributed by atoms with E-state index in [9.17, 15) is 9.90 Å². The van der Waals surface area contributed by atoms with Crippen molar-refractivity contribution in [3.8, 4) is 11.8 Å². The van der Waals surface area contributed by atoms with Crippen molar-refractivity contribution in [2.75, 3.05) is 20.3 Å². The van der Waals surface area contributed by atoms with Gasteiger partial charge in [-0.05, 0) is 109 Å². The molecule has 0 aromatic heterocycles. The highest BCUT2D eigenvalue weighted by Crippen LogP contribution is 2.65. The van der Waals surface area contributed by atoms with E-state index in [0.29, 0.717) is 54.8 Å². The van der Waals surface area contributed by atoms with Crippen LogP contribution in [-0.2, 0) is 20.6 Å². The second kappa shape index (κ2) is 12.4. The smallest absolute Gasteiger partial charge is 0.337 e. The standard InChI is InChI=1S/C42H50O5/c1-39(2)27-46-42(47-28-39)23-20-36-37-33(19-22-41(36,44)26-42)35-14-9-21-40(35,3)25-34(37)31-17-15-29(16-18-31)10-6-5-7-11-30-12-8-13-32(24-30)38(43)45-4/h5,7-8,12-13,15-18,24,33-35,44H,9,11,14,19-23,25-28H2,1-4H3/b7-5+/t33?,34-,35?,40+,41-/m1/s1. The normalized spacial score (nSPS) is 32.2. The highest BCUT2D eigenvalue weighted by atomic mass is 16.7. The van der Waals surface area contributed by atoms with Crippen molar-refractivity contribution >= 4 is 5.97 Å². The molecule has 2 aromatic rings. The zero-order valence-corrected chi connectivity index (χ0v) is 28.6. The summed E-state index contributed by atoms with van der Waals surface area (Å²) < 4.78 is 17.7. The van der Waals surface area contributed by atoms with Gasteiger partial charge in [0.2, 0.25) is 0 Å². The quantitative estimate of drug-likeness (QED) is 0.208. The van der Waals surface area contributed by atoms with Crippen LogP contribution >= 0.6 is 0 Å². The fourth-order valence-electron chi connectivity index (χ4n) is 9.68. The van der Waals surface area contributed by atoms with E-state index in [1.165, 1.54) is 37.5 Å². The molecule has 5 atom stereocenters. The lowest BCUT2D eigenvalue weighted by Gasteiger charge is -2.57. The van der Waals surface area contributed by atoms with E-state index >= 15 is 0 Å². The zero-order chi connectivity index (χ0) is 32.9. The molecule has 1 aliphatic heterocycles. The van der Waals surface area contributed by atoms with Gasteiger partial charge in [-0.15, -0.1) is 0 Å². The number of ether oxygens (including phenoxy) is 3. The van der Waals surface area contributed by atoms with Crippen LogP contribution in [0.3, 0.4) is 0 Å². The second-order valence-electron chi connectivity index (χ2n) is 16.0. The van der Waals surface area contributed by atoms with Crippen molar-refractivity contribution in [3.05, 3.63) is 94.1 Å². The van der Waals surface area contributed by atoms with Gasteiger partial charge in [-0.1, -0.05) is 74.9 Å². The van der Waals surface area contributed by atoms with Crippen molar-refractivity contribution < 1.29 is 24.1 Å². The molecule has 1 heterocycles. The molecule has 0 amide bonds. The van der Waals surface area contributed by atoms with Gasteiger partial charge >= 0.3 is 5.97 Å². The zero-order valence-electron chi connectivity index (χ0n) is 28.6. The van der Waals surface area contributed by atoms with Crippen LogP contribution in [0.15, 0.2) is 71.8 Å². The molecule has 5 nitrogen and oxygen atoms in total. The fourth-order valence-corrected chi connectivity index (χ4v) is 9.68. The number of carbonyl (C=O) groups excluding carboxylic acids is 1. The Morgan fingerprint density at radius 1 is 1.04 bits per heavy atom. The average molecular weight is 635 g/mol. The lowest BCUT2D eigenvalue weighted by molar-refractivity contribution is -0.322. The number of carbonyl (C=O) groups is 1. The highest BCUT2D eigenvalue weighted by Gasteiger charge is 2.58.